The molecule has 0 atom stereocenters. The van der Waals surface area contributed by atoms with Crippen LogP contribution in [0.2, 0.25) is 0 Å². The molecule has 9 heteroatoms. The zero-order valence-electron chi connectivity index (χ0n) is 17.6. The SMILES string of the molecule is CC(C)CN=Cc1cc(Br)cc(Br)c1[O-].CC(C)CN=Cc1cc(Br)cc(Br)c1[O-].[Ni+2]. The Balaban J connectivity index is 0.000000562. The van der Waals surface area contributed by atoms with Crippen molar-refractivity contribution in [3.63, 3.8) is 0 Å². The third-order valence-electron chi connectivity index (χ3n) is 3.48. The molecule has 2 aromatic carbocycles. The Morgan fingerprint density at radius 3 is 1.32 bits per heavy atom. The van der Waals surface area contributed by atoms with Gasteiger partial charge in [0.15, 0.2) is 0 Å². The first-order chi connectivity index (χ1) is 14.0. The van der Waals surface area contributed by atoms with Gasteiger partial charge in [0.25, 0.3) is 0 Å². The fraction of sp³-hybridized carbons (Fsp3) is 0.364. The predicted molar refractivity (Wildman–Crippen MR) is 137 cm³/mol. The van der Waals surface area contributed by atoms with Gasteiger partial charge in [0.05, 0.1) is 0 Å². The van der Waals surface area contributed by atoms with Crippen LogP contribution < -0.4 is 10.2 Å². The van der Waals surface area contributed by atoms with Gasteiger partial charge in [-0.3, -0.25) is 9.98 Å². The van der Waals surface area contributed by atoms with Crippen molar-refractivity contribution in [2.75, 3.05) is 13.1 Å². The largest absolute Gasteiger partial charge is 2.00 e. The molecule has 0 N–H and O–H groups in total. The van der Waals surface area contributed by atoms with Gasteiger partial charge in [0.1, 0.15) is 0 Å². The molecule has 0 bridgehead atoms. The van der Waals surface area contributed by atoms with E-state index in [0.717, 1.165) is 22.0 Å². The molecule has 0 amide bonds. The number of halogens is 4. The van der Waals surface area contributed by atoms with E-state index in [1.807, 2.05) is 0 Å². The minimum atomic E-state index is -0.0225. The molecule has 0 saturated carbocycles. The summed E-state index contributed by atoms with van der Waals surface area (Å²) >= 11 is 13.1. The summed E-state index contributed by atoms with van der Waals surface area (Å²) in [4.78, 5) is 8.43. The van der Waals surface area contributed by atoms with Crippen molar-refractivity contribution in [3.8, 4) is 11.5 Å². The molecular formula is C22H24Br4N2NiO2. The van der Waals surface area contributed by atoms with Crippen molar-refractivity contribution in [1.82, 2.24) is 0 Å². The van der Waals surface area contributed by atoms with Crippen LogP contribution in [0.4, 0.5) is 0 Å². The van der Waals surface area contributed by atoms with Crippen LogP contribution in [0.25, 0.3) is 0 Å². The van der Waals surface area contributed by atoms with Crippen LogP contribution in [-0.2, 0) is 16.5 Å². The zero-order valence-corrected chi connectivity index (χ0v) is 24.9. The van der Waals surface area contributed by atoms with Crippen molar-refractivity contribution < 1.29 is 26.7 Å². The topological polar surface area (TPSA) is 70.8 Å². The summed E-state index contributed by atoms with van der Waals surface area (Å²) in [6.07, 6.45) is 3.27. The smallest absolute Gasteiger partial charge is 0.871 e. The average Bonchev–Trinajstić information content (AvgIpc) is 2.63. The number of hydrogen-bond acceptors (Lipinski definition) is 4. The van der Waals surface area contributed by atoms with E-state index >= 15 is 0 Å². The van der Waals surface area contributed by atoms with E-state index in [0.29, 0.717) is 31.9 Å². The molecule has 0 heterocycles. The summed E-state index contributed by atoms with van der Waals surface area (Å²) in [5.41, 5.74) is 1.22. The summed E-state index contributed by atoms with van der Waals surface area (Å²) in [6.45, 7) is 9.84. The quantitative estimate of drug-likeness (QED) is 0.245. The van der Waals surface area contributed by atoms with Gasteiger partial charge in [0, 0.05) is 43.4 Å². The molecule has 0 unspecified atom stereocenters. The molecule has 0 radical (unpaired) electrons. The fourth-order valence-electron chi connectivity index (χ4n) is 2.08. The molecule has 0 aliphatic heterocycles. The third kappa shape index (κ3) is 12.0. The van der Waals surface area contributed by atoms with Gasteiger partial charge in [-0.2, -0.15) is 0 Å². The van der Waals surface area contributed by atoms with Crippen LogP contribution in [0.5, 0.6) is 11.5 Å². The maximum atomic E-state index is 11.6. The van der Waals surface area contributed by atoms with E-state index in [1.165, 1.54) is 0 Å². The van der Waals surface area contributed by atoms with Crippen LogP contribution in [0.3, 0.4) is 0 Å². The number of aliphatic imine (C=N–C) groups is 2. The monoisotopic (exact) mass is 722 g/mol. The summed E-state index contributed by atoms with van der Waals surface area (Å²) in [5.74, 6) is 0.968. The first kappa shape index (κ1) is 30.8. The van der Waals surface area contributed by atoms with Gasteiger partial charge >= 0.3 is 16.5 Å². The first-order valence-electron chi connectivity index (χ1n) is 9.33. The molecule has 0 aliphatic rings. The maximum absolute atomic E-state index is 11.6. The molecule has 0 fully saturated rings. The summed E-state index contributed by atoms with van der Waals surface area (Å²) < 4.78 is 2.87. The Hall–Kier alpha value is -0.206. The molecule has 172 valence electrons. The molecule has 0 spiro atoms. The van der Waals surface area contributed by atoms with E-state index < -0.39 is 0 Å². The first-order valence-corrected chi connectivity index (χ1v) is 12.5. The minimum absolute atomic E-state index is 0. The van der Waals surface area contributed by atoms with E-state index in [1.54, 1.807) is 36.7 Å². The summed E-state index contributed by atoms with van der Waals surface area (Å²) in [5, 5.41) is 23.3. The Morgan fingerprint density at radius 2 is 1.03 bits per heavy atom. The van der Waals surface area contributed by atoms with Gasteiger partial charge < -0.3 is 10.2 Å². The molecule has 0 aliphatic carbocycles. The van der Waals surface area contributed by atoms with Crippen molar-refractivity contribution in [2.45, 2.75) is 27.7 Å². The van der Waals surface area contributed by atoms with Gasteiger partial charge in [0.2, 0.25) is 0 Å². The standard InChI is InChI=1S/2C11H13Br2NO.Ni/c2*1-7(2)5-14-6-8-3-9(12)4-10(13)11(8)15;/h2*3-4,6-7,15H,5H2,1-2H3;/q;;+2/p-2. The normalized spacial score (nSPS) is 11.2. The van der Waals surface area contributed by atoms with E-state index in [4.69, 9.17) is 0 Å². The van der Waals surface area contributed by atoms with Gasteiger partial charge in [-0.25, -0.2) is 0 Å². The molecule has 2 rings (SSSR count). The zero-order chi connectivity index (χ0) is 22.8. The number of benzene rings is 2. The van der Waals surface area contributed by atoms with Crippen LogP contribution >= 0.6 is 63.7 Å². The molecule has 0 aromatic heterocycles. The summed E-state index contributed by atoms with van der Waals surface area (Å²) in [7, 11) is 0. The van der Waals surface area contributed by atoms with Gasteiger partial charge in [-0.15, -0.1) is 0 Å². The summed E-state index contributed by atoms with van der Waals surface area (Å²) in [6, 6.07) is 7.03. The second kappa shape index (κ2) is 15.6. The van der Waals surface area contributed by atoms with Crippen LogP contribution in [0, 0.1) is 11.8 Å². The Morgan fingerprint density at radius 1 is 0.710 bits per heavy atom. The van der Waals surface area contributed by atoms with Crippen molar-refractivity contribution in [3.05, 3.63) is 53.3 Å². The number of rotatable bonds is 6. The Kier molecular flexibility index (Phi) is 15.5. The second-order valence-corrected chi connectivity index (χ2v) is 10.9. The van der Waals surface area contributed by atoms with Crippen molar-refractivity contribution in [1.29, 1.82) is 0 Å². The third-order valence-corrected chi connectivity index (χ3v) is 5.57. The second-order valence-electron chi connectivity index (χ2n) is 7.39. The molecule has 4 nitrogen and oxygen atoms in total. The van der Waals surface area contributed by atoms with Crippen molar-refractivity contribution in [2.24, 2.45) is 21.8 Å². The van der Waals surface area contributed by atoms with Crippen LogP contribution in [0.1, 0.15) is 38.8 Å². The minimum Gasteiger partial charge on any atom is -0.871 e. The molecular weight excluding hydrogens is 703 g/mol. The van der Waals surface area contributed by atoms with Crippen LogP contribution in [-0.4, -0.2) is 25.5 Å². The van der Waals surface area contributed by atoms with Crippen molar-refractivity contribution >= 4 is 76.1 Å². The van der Waals surface area contributed by atoms with E-state index in [9.17, 15) is 10.2 Å². The Bertz CT molecular complexity index is 830. The number of hydrogen-bond donors (Lipinski definition) is 0. The molecule has 2 aromatic rings. The molecule has 0 saturated heterocycles. The van der Waals surface area contributed by atoms with E-state index in [-0.39, 0.29) is 28.0 Å². The van der Waals surface area contributed by atoms with Gasteiger partial charge in [-0.05, 0) is 47.2 Å². The Labute approximate surface area is 228 Å². The fourth-order valence-corrected chi connectivity index (χ4v) is 4.59. The molecule has 31 heavy (non-hydrogen) atoms. The average molecular weight is 727 g/mol. The van der Waals surface area contributed by atoms with Crippen LogP contribution in [0.15, 0.2) is 52.1 Å². The maximum Gasteiger partial charge on any atom is 2.00 e. The number of nitrogens with zero attached hydrogens (tertiary/aromatic N) is 2. The predicted octanol–water partition coefficient (Wildman–Crippen LogP) is 6.72. The van der Waals surface area contributed by atoms with E-state index in [2.05, 4.69) is 101 Å². The van der Waals surface area contributed by atoms with Gasteiger partial charge in [-0.1, -0.05) is 103 Å².